The highest BCUT2D eigenvalue weighted by molar-refractivity contribution is 5.80. The fraction of sp³-hybridized carbons (Fsp3) is 0.846. The zero-order valence-corrected chi connectivity index (χ0v) is 11.4. The van der Waals surface area contributed by atoms with Gasteiger partial charge in [-0.25, -0.2) is 0 Å². The quantitative estimate of drug-likeness (QED) is 0.744. The first-order valence-corrected chi connectivity index (χ1v) is 6.72. The summed E-state index contributed by atoms with van der Waals surface area (Å²) < 4.78 is 0. The van der Waals surface area contributed by atoms with Crippen molar-refractivity contribution in [3.8, 4) is 0 Å². The van der Waals surface area contributed by atoms with E-state index in [4.69, 9.17) is 5.73 Å². The van der Waals surface area contributed by atoms with Crippen molar-refractivity contribution in [2.24, 2.45) is 17.6 Å². The van der Waals surface area contributed by atoms with Gasteiger partial charge in [-0.15, -0.1) is 0 Å². The number of nitrogens with one attached hydrogen (secondary N) is 1. The van der Waals surface area contributed by atoms with Gasteiger partial charge in [-0.1, -0.05) is 0 Å². The van der Waals surface area contributed by atoms with E-state index in [9.17, 15) is 9.59 Å². The molecule has 0 bridgehead atoms. The van der Waals surface area contributed by atoms with Gasteiger partial charge in [-0.2, -0.15) is 0 Å². The first-order chi connectivity index (χ1) is 8.54. The molecule has 0 unspecified atom stereocenters. The van der Waals surface area contributed by atoms with Crippen LogP contribution in [0.4, 0.5) is 0 Å². The minimum atomic E-state index is 0.0436. The van der Waals surface area contributed by atoms with Crippen LogP contribution in [0.25, 0.3) is 0 Å². The van der Waals surface area contributed by atoms with Crippen LogP contribution in [0.1, 0.15) is 32.1 Å². The molecule has 0 saturated heterocycles. The minimum absolute atomic E-state index is 0.0436. The Hall–Kier alpha value is -1.10. The molecule has 0 radical (unpaired) electrons. The van der Waals surface area contributed by atoms with Crippen molar-refractivity contribution in [1.82, 2.24) is 10.2 Å². The molecule has 0 aliphatic heterocycles. The zero-order chi connectivity index (χ0) is 13.5. The lowest BCUT2D eigenvalue weighted by Crippen LogP contribution is -2.36. The fourth-order valence-electron chi connectivity index (χ4n) is 2.32. The molecule has 1 aliphatic rings. The molecule has 0 spiro atoms. The normalized spacial score (nSPS) is 23.5. The average Bonchev–Trinajstić information content (AvgIpc) is 2.38. The number of carbonyl (C=O) groups is 2. The number of nitrogens with two attached hydrogens (primary N) is 1. The minimum Gasteiger partial charge on any atom is -0.355 e. The molecule has 18 heavy (non-hydrogen) atoms. The average molecular weight is 255 g/mol. The van der Waals surface area contributed by atoms with Crippen LogP contribution in [-0.4, -0.2) is 43.9 Å². The monoisotopic (exact) mass is 255 g/mol. The molecule has 0 aromatic rings. The molecular formula is C13H25N3O2. The summed E-state index contributed by atoms with van der Waals surface area (Å²) in [5.41, 5.74) is 5.62. The van der Waals surface area contributed by atoms with Gasteiger partial charge in [0, 0.05) is 33.0 Å². The second-order valence-electron chi connectivity index (χ2n) is 5.28. The van der Waals surface area contributed by atoms with Gasteiger partial charge in [0.25, 0.3) is 0 Å². The van der Waals surface area contributed by atoms with Gasteiger partial charge >= 0.3 is 0 Å². The molecule has 1 rings (SSSR count). The Kier molecular flexibility index (Phi) is 6.12. The van der Waals surface area contributed by atoms with Crippen LogP contribution in [0.15, 0.2) is 0 Å². The summed E-state index contributed by atoms with van der Waals surface area (Å²) in [5, 5.41) is 2.85. The molecule has 104 valence electrons. The third-order valence-corrected chi connectivity index (χ3v) is 3.69. The van der Waals surface area contributed by atoms with E-state index in [0.29, 0.717) is 18.9 Å². The Balaban J connectivity index is 2.20. The summed E-state index contributed by atoms with van der Waals surface area (Å²) in [5.74, 6) is 0.839. The molecule has 0 aromatic carbocycles. The third kappa shape index (κ3) is 4.64. The molecule has 0 atom stereocenters. The lowest BCUT2D eigenvalue weighted by atomic mass is 9.81. The topological polar surface area (TPSA) is 75.4 Å². The molecule has 0 heterocycles. The van der Waals surface area contributed by atoms with Gasteiger partial charge in [-0.05, 0) is 38.1 Å². The van der Waals surface area contributed by atoms with Gasteiger partial charge in [0.05, 0.1) is 0 Å². The molecule has 0 aromatic heterocycles. The van der Waals surface area contributed by atoms with Gasteiger partial charge in [0.1, 0.15) is 0 Å². The Morgan fingerprint density at radius 1 is 1.22 bits per heavy atom. The van der Waals surface area contributed by atoms with Crippen LogP contribution in [0, 0.1) is 11.8 Å². The summed E-state index contributed by atoms with van der Waals surface area (Å²) in [4.78, 5) is 24.8. The highest BCUT2D eigenvalue weighted by atomic mass is 16.2. The zero-order valence-electron chi connectivity index (χ0n) is 11.4. The second-order valence-corrected chi connectivity index (χ2v) is 5.28. The van der Waals surface area contributed by atoms with Crippen molar-refractivity contribution in [2.75, 3.05) is 27.2 Å². The summed E-state index contributed by atoms with van der Waals surface area (Å²) in [6.45, 7) is 1.17. The second kappa shape index (κ2) is 7.36. The summed E-state index contributed by atoms with van der Waals surface area (Å²) >= 11 is 0. The van der Waals surface area contributed by atoms with Crippen LogP contribution in [-0.2, 0) is 9.59 Å². The number of hydrogen-bond acceptors (Lipinski definition) is 3. The Labute approximate surface area is 109 Å². The number of nitrogens with zero attached hydrogens (tertiary/aromatic N) is 1. The van der Waals surface area contributed by atoms with Gasteiger partial charge in [-0.3, -0.25) is 9.59 Å². The van der Waals surface area contributed by atoms with Crippen LogP contribution in [0.5, 0.6) is 0 Å². The molecule has 3 N–H and O–H groups in total. The molecule has 1 aliphatic carbocycles. The van der Waals surface area contributed by atoms with Crippen molar-refractivity contribution < 1.29 is 9.59 Å². The summed E-state index contributed by atoms with van der Waals surface area (Å²) in [6.07, 6.45) is 4.32. The maximum absolute atomic E-state index is 11.9. The number of rotatable bonds is 5. The van der Waals surface area contributed by atoms with E-state index >= 15 is 0 Å². The molecule has 1 fully saturated rings. The fourth-order valence-corrected chi connectivity index (χ4v) is 2.32. The highest BCUT2D eigenvalue weighted by Crippen LogP contribution is 2.28. The molecular weight excluding hydrogens is 230 g/mol. The number of amides is 2. The Bertz CT molecular complexity index is 284. The molecule has 5 heteroatoms. The Morgan fingerprint density at radius 3 is 2.33 bits per heavy atom. The maximum atomic E-state index is 11.9. The van der Waals surface area contributed by atoms with E-state index in [-0.39, 0.29) is 17.7 Å². The maximum Gasteiger partial charge on any atom is 0.223 e. The van der Waals surface area contributed by atoms with Gasteiger partial charge in [0.2, 0.25) is 11.8 Å². The van der Waals surface area contributed by atoms with Crippen LogP contribution < -0.4 is 11.1 Å². The van der Waals surface area contributed by atoms with Crippen molar-refractivity contribution >= 4 is 11.8 Å². The van der Waals surface area contributed by atoms with E-state index in [0.717, 1.165) is 32.2 Å². The number of carbonyl (C=O) groups excluding carboxylic acids is 2. The SMILES string of the molecule is CN(C)C(=O)CCNC(=O)C1CCC(CN)CC1. The van der Waals surface area contributed by atoms with Crippen molar-refractivity contribution in [2.45, 2.75) is 32.1 Å². The summed E-state index contributed by atoms with van der Waals surface area (Å²) in [7, 11) is 3.44. The number of hydrogen-bond donors (Lipinski definition) is 2. The van der Waals surface area contributed by atoms with Crippen molar-refractivity contribution in [3.05, 3.63) is 0 Å². The van der Waals surface area contributed by atoms with Crippen LogP contribution in [0.2, 0.25) is 0 Å². The van der Waals surface area contributed by atoms with Crippen molar-refractivity contribution in [3.63, 3.8) is 0 Å². The van der Waals surface area contributed by atoms with E-state index in [1.54, 1.807) is 19.0 Å². The molecule has 5 nitrogen and oxygen atoms in total. The third-order valence-electron chi connectivity index (χ3n) is 3.69. The van der Waals surface area contributed by atoms with Gasteiger partial charge in [0.15, 0.2) is 0 Å². The first-order valence-electron chi connectivity index (χ1n) is 6.72. The first kappa shape index (κ1) is 15.0. The lowest BCUT2D eigenvalue weighted by molar-refractivity contribution is -0.129. The van der Waals surface area contributed by atoms with E-state index in [1.165, 1.54) is 0 Å². The predicted molar refractivity (Wildman–Crippen MR) is 70.8 cm³/mol. The summed E-state index contributed by atoms with van der Waals surface area (Å²) in [6, 6.07) is 0. The standard InChI is InChI=1S/C13H25N3O2/c1-16(2)12(17)7-8-15-13(18)11-5-3-10(9-14)4-6-11/h10-11H,3-9,14H2,1-2H3,(H,15,18). The Morgan fingerprint density at radius 2 is 1.83 bits per heavy atom. The van der Waals surface area contributed by atoms with Crippen molar-refractivity contribution in [1.29, 1.82) is 0 Å². The highest BCUT2D eigenvalue weighted by Gasteiger charge is 2.25. The largest absolute Gasteiger partial charge is 0.355 e. The smallest absolute Gasteiger partial charge is 0.223 e. The van der Waals surface area contributed by atoms with E-state index in [1.807, 2.05) is 0 Å². The van der Waals surface area contributed by atoms with Gasteiger partial charge < -0.3 is 16.0 Å². The molecule has 1 saturated carbocycles. The lowest BCUT2D eigenvalue weighted by Gasteiger charge is -2.26. The van der Waals surface area contributed by atoms with E-state index < -0.39 is 0 Å². The van der Waals surface area contributed by atoms with E-state index in [2.05, 4.69) is 5.32 Å². The molecule has 2 amide bonds. The van der Waals surface area contributed by atoms with Crippen LogP contribution in [0.3, 0.4) is 0 Å². The predicted octanol–water partition coefficient (Wildman–Crippen LogP) is 0.346. The van der Waals surface area contributed by atoms with Crippen LogP contribution >= 0.6 is 0 Å².